The average molecular weight is 611 g/mol. The molecule has 3 atom stereocenters. The summed E-state index contributed by atoms with van der Waals surface area (Å²) in [6, 6.07) is 3.96. The molecule has 2 rings (SSSR count). The zero-order valence-electron chi connectivity index (χ0n) is 24.9. The summed E-state index contributed by atoms with van der Waals surface area (Å²) in [5.41, 5.74) is -0.399. The smallest absolute Gasteiger partial charge is 0.408 e. The Labute approximate surface area is 248 Å². The van der Waals surface area contributed by atoms with Gasteiger partial charge in [0.15, 0.2) is 0 Å². The maximum Gasteiger partial charge on any atom is 0.408 e. The average Bonchev–Trinajstić information content (AvgIpc) is 3.40. The van der Waals surface area contributed by atoms with E-state index in [0.29, 0.717) is 12.0 Å². The quantitative estimate of drug-likeness (QED) is 0.246. The minimum absolute atomic E-state index is 0.148. The molecular formula is C29H40F2N4O8. The maximum absolute atomic E-state index is 15.0. The predicted octanol–water partition coefficient (Wildman–Crippen LogP) is 2.05. The molecule has 1 aromatic rings. The number of Topliss-reactive ketones (excluding diaryl/α,β-unsaturated/α-hetero) is 1. The van der Waals surface area contributed by atoms with Gasteiger partial charge in [0.05, 0.1) is 12.5 Å². The number of halogens is 2. The molecule has 0 aliphatic carbocycles. The summed E-state index contributed by atoms with van der Waals surface area (Å²) in [7, 11) is 0. The van der Waals surface area contributed by atoms with Gasteiger partial charge in [-0.1, -0.05) is 44.2 Å². The van der Waals surface area contributed by atoms with Crippen molar-refractivity contribution in [2.45, 2.75) is 90.0 Å². The van der Waals surface area contributed by atoms with Crippen molar-refractivity contribution in [3.63, 3.8) is 0 Å². The lowest BCUT2D eigenvalue weighted by molar-refractivity contribution is -0.160. The van der Waals surface area contributed by atoms with Crippen LogP contribution in [0.4, 0.5) is 13.6 Å². The highest BCUT2D eigenvalue weighted by molar-refractivity contribution is 6.10. The van der Waals surface area contributed by atoms with Gasteiger partial charge in [-0.05, 0) is 45.1 Å². The Morgan fingerprint density at radius 2 is 1.67 bits per heavy atom. The van der Waals surface area contributed by atoms with Gasteiger partial charge < -0.3 is 30.7 Å². The van der Waals surface area contributed by atoms with Crippen LogP contribution in [0.15, 0.2) is 30.3 Å². The molecule has 1 aliphatic rings. The normalized spacial score (nSPS) is 16.7. The highest BCUT2D eigenvalue weighted by atomic mass is 19.3. The first kappa shape index (κ1) is 35.1. The monoisotopic (exact) mass is 610 g/mol. The summed E-state index contributed by atoms with van der Waals surface area (Å²) in [6.07, 6.45) is -1.25. The van der Waals surface area contributed by atoms with Gasteiger partial charge in [0, 0.05) is 19.5 Å². The number of ether oxygens (including phenoxy) is 1. The second kappa shape index (κ2) is 14.9. The number of hydrogen-bond donors (Lipinski definition) is 4. The van der Waals surface area contributed by atoms with E-state index in [9.17, 15) is 37.5 Å². The number of benzene rings is 1. The number of carbonyl (C=O) groups excluding carboxylic acids is 5. The summed E-state index contributed by atoms with van der Waals surface area (Å²) in [6.45, 7) is 7.91. The maximum atomic E-state index is 15.0. The number of carboxylic acid groups (broad SMARTS) is 1. The molecule has 0 spiro atoms. The summed E-state index contributed by atoms with van der Waals surface area (Å²) in [5.74, 6) is -11.6. The number of nitrogens with zero attached hydrogens (tertiary/aromatic N) is 1. The van der Waals surface area contributed by atoms with Crippen LogP contribution in [-0.2, 0) is 35.1 Å². The van der Waals surface area contributed by atoms with Crippen LogP contribution in [0, 0.1) is 5.92 Å². The Morgan fingerprint density at radius 3 is 2.23 bits per heavy atom. The first-order valence-corrected chi connectivity index (χ1v) is 14.0. The molecule has 4 N–H and O–H groups in total. The van der Waals surface area contributed by atoms with Gasteiger partial charge in [-0.3, -0.25) is 24.0 Å². The van der Waals surface area contributed by atoms with Crippen molar-refractivity contribution in [3.8, 4) is 0 Å². The standard InChI is InChI=1S/C29H40F2N4O8/c1-17(2)22(34-27(42)43-28(3,4)5)25(40)35-15-9-12-20(35)24(39)33-19(16-18-10-7-6-8-11-18)23(38)29(30,31)26(41)32-14-13-21(36)37/h6-8,10-11,17,19-20,22H,9,12-16H2,1-5H3,(H,32,41)(H,33,39)(H,34,42)(H,36,37)/t19?,20-,22-/m0/s1. The van der Waals surface area contributed by atoms with Crippen molar-refractivity contribution < 1.29 is 47.4 Å². The van der Waals surface area contributed by atoms with Gasteiger partial charge in [0.2, 0.25) is 17.6 Å². The number of carboxylic acids is 1. The van der Waals surface area contributed by atoms with E-state index in [2.05, 4.69) is 10.6 Å². The van der Waals surface area contributed by atoms with Crippen molar-refractivity contribution in [2.24, 2.45) is 5.92 Å². The van der Waals surface area contributed by atoms with Gasteiger partial charge in [-0.25, -0.2) is 4.79 Å². The SMILES string of the molecule is CC(C)[C@H](NC(=O)OC(C)(C)C)C(=O)N1CCC[C@H]1C(=O)NC(Cc1ccccc1)C(=O)C(F)(F)C(=O)NCCC(=O)O. The fourth-order valence-electron chi connectivity index (χ4n) is 4.48. The molecule has 1 aliphatic heterocycles. The molecule has 1 aromatic carbocycles. The van der Waals surface area contributed by atoms with Crippen LogP contribution in [0.3, 0.4) is 0 Å². The summed E-state index contributed by atoms with van der Waals surface area (Å²) >= 11 is 0. The summed E-state index contributed by atoms with van der Waals surface area (Å²) < 4.78 is 35.2. The van der Waals surface area contributed by atoms with Crippen LogP contribution in [0.2, 0.25) is 0 Å². The molecule has 0 saturated carbocycles. The lowest BCUT2D eigenvalue weighted by atomic mass is 9.97. The van der Waals surface area contributed by atoms with Crippen molar-refractivity contribution in [3.05, 3.63) is 35.9 Å². The number of alkyl halides is 2. The summed E-state index contributed by atoms with van der Waals surface area (Å²) in [5, 5.41) is 15.3. The molecule has 14 heteroatoms. The Morgan fingerprint density at radius 1 is 1.05 bits per heavy atom. The highest BCUT2D eigenvalue weighted by Crippen LogP contribution is 2.23. The third-order valence-corrected chi connectivity index (χ3v) is 6.58. The number of aliphatic carboxylic acids is 1. The molecule has 0 radical (unpaired) electrons. The van der Waals surface area contributed by atoms with Gasteiger partial charge in [0.25, 0.3) is 5.91 Å². The van der Waals surface area contributed by atoms with E-state index in [-0.39, 0.29) is 19.4 Å². The van der Waals surface area contributed by atoms with E-state index in [1.165, 1.54) is 4.90 Å². The zero-order valence-corrected chi connectivity index (χ0v) is 24.9. The number of hydrogen-bond acceptors (Lipinski definition) is 7. The van der Waals surface area contributed by atoms with Gasteiger partial charge in [-0.2, -0.15) is 8.78 Å². The third-order valence-electron chi connectivity index (χ3n) is 6.58. The minimum atomic E-state index is -4.59. The number of ketones is 1. The number of carbonyl (C=O) groups is 6. The molecule has 4 amide bonds. The number of nitrogens with one attached hydrogen (secondary N) is 3. The molecule has 1 fully saturated rings. The first-order valence-electron chi connectivity index (χ1n) is 14.0. The van der Waals surface area contributed by atoms with Crippen molar-refractivity contribution in [1.82, 2.24) is 20.9 Å². The van der Waals surface area contributed by atoms with Crippen LogP contribution in [0.25, 0.3) is 0 Å². The Kier molecular flexibility index (Phi) is 12.1. The predicted molar refractivity (Wildman–Crippen MR) is 150 cm³/mol. The van der Waals surface area contributed by atoms with Gasteiger partial charge in [-0.15, -0.1) is 0 Å². The second-order valence-electron chi connectivity index (χ2n) is 11.6. The molecule has 0 bridgehead atoms. The summed E-state index contributed by atoms with van der Waals surface area (Å²) in [4.78, 5) is 76.4. The van der Waals surface area contributed by atoms with E-state index in [1.54, 1.807) is 70.3 Å². The lowest BCUT2D eigenvalue weighted by Gasteiger charge is -2.32. The molecule has 1 saturated heterocycles. The van der Waals surface area contributed by atoms with E-state index in [1.807, 2.05) is 0 Å². The largest absolute Gasteiger partial charge is 0.481 e. The molecule has 1 unspecified atom stereocenters. The van der Waals surface area contributed by atoms with Crippen LogP contribution >= 0.6 is 0 Å². The van der Waals surface area contributed by atoms with Crippen LogP contribution in [0.1, 0.15) is 59.4 Å². The Hall–Kier alpha value is -4.10. The number of rotatable bonds is 13. The van der Waals surface area contributed by atoms with E-state index < -0.39 is 84.1 Å². The molecule has 0 aromatic heterocycles. The fraction of sp³-hybridized carbons (Fsp3) is 0.586. The fourth-order valence-corrected chi connectivity index (χ4v) is 4.48. The van der Waals surface area contributed by atoms with Gasteiger partial charge in [0.1, 0.15) is 17.7 Å². The molecular weight excluding hydrogens is 570 g/mol. The zero-order chi connectivity index (χ0) is 32.5. The molecule has 238 valence electrons. The lowest BCUT2D eigenvalue weighted by Crippen LogP contribution is -2.59. The van der Waals surface area contributed by atoms with E-state index in [4.69, 9.17) is 9.84 Å². The van der Waals surface area contributed by atoms with Gasteiger partial charge >= 0.3 is 18.0 Å². The van der Waals surface area contributed by atoms with Crippen molar-refractivity contribution in [1.29, 1.82) is 0 Å². The number of amides is 4. The van der Waals surface area contributed by atoms with Crippen molar-refractivity contribution >= 4 is 35.6 Å². The Balaban J connectivity index is 2.26. The van der Waals surface area contributed by atoms with Crippen LogP contribution < -0.4 is 16.0 Å². The molecule has 43 heavy (non-hydrogen) atoms. The minimum Gasteiger partial charge on any atom is -0.481 e. The first-order chi connectivity index (χ1) is 19.9. The third kappa shape index (κ3) is 10.3. The van der Waals surface area contributed by atoms with Crippen LogP contribution in [-0.4, -0.2) is 88.3 Å². The van der Waals surface area contributed by atoms with E-state index >= 15 is 0 Å². The number of likely N-dealkylation sites (tertiary alicyclic amines) is 1. The van der Waals surface area contributed by atoms with Crippen molar-refractivity contribution in [2.75, 3.05) is 13.1 Å². The topological polar surface area (TPSA) is 171 Å². The second-order valence-corrected chi connectivity index (χ2v) is 11.6. The van der Waals surface area contributed by atoms with Crippen LogP contribution in [0.5, 0.6) is 0 Å². The van der Waals surface area contributed by atoms with E-state index in [0.717, 1.165) is 0 Å². The molecule has 12 nitrogen and oxygen atoms in total. The Bertz CT molecular complexity index is 1190. The highest BCUT2D eigenvalue weighted by Gasteiger charge is 2.51. The number of alkyl carbamates (subject to hydrolysis) is 1. The molecule has 1 heterocycles.